The lowest BCUT2D eigenvalue weighted by molar-refractivity contribution is 0.255. The standard InChI is InChI=1S/C13H25NO2S/c1-2-13(7-3-4-8-13)11-14-12-6-5-9-17(15,16)10-12/h12,14H,2-11H2,1H3. The predicted molar refractivity (Wildman–Crippen MR) is 70.9 cm³/mol. The second kappa shape index (κ2) is 5.27. The number of nitrogens with one attached hydrogen (secondary N) is 1. The maximum Gasteiger partial charge on any atom is 0.151 e. The minimum Gasteiger partial charge on any atom is -0.312 e. The first-order valence-electron chi connectivity index (χ1n) is 6.99. The summed E-state index contributed by atoms with van der Waals surface area (Å²) >= 11 is 0. The van der Waals surface area contributed by atoms with E-state index in [1.54, 1.807) is 0 Å². The average Bonchev–Trinajstić information content (AvgIpc) is 2.75. The monoisotopic (exact) mass is 259 g/mol. The van der Waals surface area contributed by atoms with Gasteiger partial charge in [-0.1, -0.05) is 19.8 Å². The van der Waals surface area contributed by atoms with Crippen molar-refractivity contribution in [3.63, 3.8) is 0 Å². The number of hydrogen-bond acceptors (Lipinski definition) is 3. The molecule has 1 N–H and O–H groups in total. The van der Waals surface area contributed by atoms with Crippen LogP contribution in [0.25, 0.3) is 0 Å². The Labute approximate surface area is 105 Å². The van der Waals surface area contributed by atoms with Crippen LogP contribution in [0.5, 0.6) is 0 Å². The molecule has 17 heavy (non-hydrogen) atoms. The first kappa shape index (κ1) is 13.3. The first-order chi connectivity index (χ1) is 8.05. The Balaban J connectivity index is 1.85. The molecule has 4 heteroatoms. The third-order valence-electron chi connectivity index (χ3n) is 4.64. The molecule has 0 spiro atoms. The van der Waals surface area contributed by atoms with Crippen LogP contribution in [0, 0.1) is 5.41 Å². The Hall–Kier alpha value is -0.0900. The van der Waals surface area contributed by atoms with Gasteiger partial charge in [0.2, 0.25) is 0 Å². The molecule has 1 saturated heterocycles. The predicted octanol–water partition coefficient (Wildman–Crippen LogP) is 2.12. The molecule has 1 atom stereocenters. The Bertz CT molecular complexity index is 344. The molecule has 100 valence electrons. The van der Waals surface area contributed by atoms with Gasteiger partial charge in [-0.3, -0.25) is 0 Å². The molecule has 1 unspecified atom stereocenters. The van der Waals surface area contributed by atoms with Gasteiger partial charge in [0.15, 0.2) is 9.84 Å². The smallest absolute Gasteiger partial charge is 0.151 e. The summed E-state index contributed by atoms with van der Waals surface area (Å²) in [7, 11) is -2.77. The van der Waals surface area contributed by atoms with Gasteiger partial charge >= 0.3 is 0 Å². The van der Waals surface area contributed by atoms with Gasteiger partial charge in [-0.25, -0.2) is 8.42 Å². The van der Waals surface area contributed by atoms with Crippen molar-refractivity contribution < 1.29 is 8.42 Å². The summed E-state index contributed by atoms with van der Waals surface area (Å²) in [6, 6.07) is 0.206. The lowest BCUT2D eigenvalue weighted by atomic mass is 9.83. The molecule has 2 fully saturated rings. The summed E-state index contributed by atoms with van der Waals surface area (Å²) in [4.78, 5) is 0. The molecule has 0 bridgehead atoms. The van der Waals surface area contributed by atoms with E-state index in [2.05, 4.69) is 12.2 Å². The zero-order valence-electron chi connectivity index (χ0n) is 10.9. The largest absolute Gasteiger partial charge is 0.312 e. The molecule has 0 aromatic carbocycles. The maximum atomic E-state index is 11.6. The van der Waals surface area contributed by atoms with E-state index in [1.165, 1.54) is 32.1 Å². The Morgan fingerprint density at radius 3 is 2.53 bits per heavy atom. The molecule has 1 heterocycles. The van der Waals surface area contributed by atoms with Gasteiger partial charge in [0, 0.05) is 12.6 Å². The fourth-order valence-electron chi connectivity index (χ4n) is 3.32. The van der Waals surface area contributed by atoms with Crippen molar-refractivity contribution in [1.29, 1.82) is 0 Å². The second-order valence-electron chi connectivity index (χ2n) is 5.90. The lowest BCUT2D eigenvalue weighted by Gasteiger charge is -2.32. The molecular weight excluding hydrogens is 234 g/mol. The second-order valence-corrected chi connectivity index (χ2v) is 8.12. The summed E-state index contributed by atoms with van der Waals surface area (Å²) in [6.07, 6.45) is 8.40. The molecule has 2 rings (SSSR count). The van der Waals surface area contributed by atoms with Crippen LogP contribution in [-0.4, -0.2) is 32.5 Å². The molecule has 0 aromatic heterocycles. The molecular formula is C13H25NO2S. The molecule has 0 amide bonds. The SMILES string of the molecule is CCC1(CNC2CCCS(=O)(=O)C2)CCCC1. The number of sulfone groups is 1. The van der Waals surface area contributed by atoms with Gasteiger partial charge in [0.1, 0.15) is 0 Å². The molecule has 1 saturated carbocycles. The van der Waals surface area contributed by atoms with Crippen LogP contribution >= 0.6 is 0 Å². The van der Waals surface area contributed by atoms with Gasteiger partial charge in [0.05, 0.1) is 11.5 Å². The minimum atomic E-state index is -2.77. The highest BCUT2D eigenvalue weighted by Crippen LogP contribution is 2.40. The topological polar surface area (TPSA) is 46.2 Å². The summed E-state index contributed by atoms with van der Waals surface area (Å²) in [5.41, 5.74) is 0.460. The van der Waals surface area contributed by atoms with Gasteiger partial charge < -0.3 is 5.32 Å². The van der Waals surface area contributed by atoms with E-state index in [9.17, 15) is 8.42 Å². The summed E-state index contributed by atoms with van der Waals surface area (Å²) in [5.74, 6) is 0.747. The molecule has 1 aliphatic carbocycles. The summed E-state index contributed by atoms with van der Waals surface area (Å²) in [5, 5.41) is 3.53. The van der Waals surface area contributed by atoms with Gasteiger partial charge in [-0.15, -0.1) is 0 Å². The van der Waals surface area contributed by atoms with E-state index in [1.807, 2.05) is 0 Å². The molecule has 2 aliphatic rings. The van der Waals surface area contributed by atoms with E-state index < -0.39 is 9.84 Å². The minimum absolute atomic E-state index is 0.206. The molecule has 0 aromatic rings. The van der Waals surface area contributed by atoms with E-state index >= 15 is 0 Å². The summed E-state index contributed by atoms with van der Waals surface area (Å²) in [6.45, 7) is 3.29. The van der Waals surface area contributed by atoms with Crippen LogP contribution in [0.3, 0.4) is 0 Å². The van der Waals surface area contributed by atoms with Crippen LogP contribution < -0.4 is 5.32 Å². The van der Waals surface area contributed by atoms with Crippen LogP contribution in [-0.2, 0) is 9.84 Å². The van der Waals surface area contributed by atoms with Crippen molar-refractivity contribution in [2.24, 2.45) is 5.41 Å². The fraction of sp³-hybridized carbons (Fsp3) is 1.00. The zero-order valence-corrected chi connectivity index (χ0v) is 11.7. The van der Waals surface area contributed by atoms with Crippen LogP contribution in [0.15, 0.2) is 0 Å². The molecule has 0 radical (unpaired) electrons. The van der Waals surface area contributed by atoms with Crippen LogP contribution in [0.2, 0.25) is 0 Å². The zero-order chi connectivity index (χ0) is 12.4. The average molecular weight is 259 g/mol. The van der Waals surface area contributed by atoms with Gasteiger partial charge in [-0.2, -0.15) is 0 Å². The third kappa shape index (κ3) is 3.44. The van der Waals surface area contributed by atoms with E-state index in [0.717, 1.165) is 19.4 Å². The highest BCUT2D eigenvalue weighted by molar-refractivity contribution is 7.91. The Kier molecular flexibility index (Phi) is 4.14. The van der Waals surface area contributed by atoms with Crippen LogP contribution in [0.4, 0.5) is 0 Å². The van der Waals surface area contributed by atoms with Gasteiger partial charge in [-0.05, 0) is 37.5 Å². The lowest BCUT2D eigenvalue weighted by Crippen LogP contribution is -2.44. The number of rotatable bonds is 4. The quantitative estimate of drug-likeness (QED) is 0.841. The number of hydrogen-bond donors (Lipinski definition) is 1. The fourth-order valence-corrected chi connectivity index (χ4v) is 5.00. The van der Waals surface area contributed by atoms with Crippen molar-refractivity contribution in [1.82, 2.24) is 5.32 Å². The Morgan fingerprint density at radius 1 is 1.24 bits per heavy atom. The van der Waals surface area contributed by atoms with Crippen molar-refractivity contribution in [3.05, 3.63) is 0 Å². The van der Waals surface area contributed by atoms with E-state index in [4.69, 9.17) is 0 Å². The maximum absolute atomic E-state index is 11.6. The van der Waals surface area contributed by atoms with Crippen molar-refractivity contribution in [2.75, 3.05) is 18.1 Å². The van der Waals surface area contributed by atoms with Crippen molar-refractivity contribution in [2.45, 2.75) is 57.9 Å². The van der Waals surface area contributed by atoms with E-state index in [0.29, 0.717) is 16.9 Å². The van der Waals surface area contributed by atoms with Crippen LogP contribution in [0.1, 0.15) is 51.9 Å². The molecule has 3 nitrogen and oxygen atoms in total. The van der Waals surface area contributed by atoms with Crippen molar-refractivity contribution in [3.8, 4) is 0 Å². The normalized spacial score (nSPS) is 31.5. The van der Waals surface area contributed by atoms with Crippen molar-refractivity contribution >= 4 is 9.84 Å². The highest BCUT2D eigenvalue weighted by Gasteiger charge is 2.33. The van der Waals surface area contributed by atoms with Gasteiger partial charge in [0.25, 0.3) is 0 Å². The molecule has 1 aliphatic heterocycles. The Morgan fingerprint density at radius 2 is 1.94 bits per heavy atom. The first-order valence-corrected chi connectivity index (χ1v) is 8.81. The highest BCUT2D eigenvalue weighted by atomic mass is 32.2. The third-order valence-corrected chi connectivity index (χ3v) is 6.46. The summed E-state index contributed by atoms with van der Waals surface area (Å²) < 4.78 is 23.1. The van der Waals surface area contributed by atoms with E-state index in [-0.39, 0.29) is 6.04 Å².